The Labute approximate surface area is 153 Å². The summed E-state index contributed by atoms with van der Waals surface area (Å²) in [5.41, 5.74) is 8.38. The first-order chi connectivity index (χ1) is 12.5. The van der Waals surface area contributed by atoms with Crippen LogP contribution >= 0.6 is 0 Å². The molecule has 3 rings (SSSR count). The maximum atomic E-state index is 12.3. The summed E-state index contributed by atoms with van der Waals surface area (Å²) in [4.78, 5) is 12.3. The SMILES string of the molecule is Cc1ccc(C=NNC(=O)c2cccc(Cn3nc(C)cc3C)c2)cc1. The van der Waals surface area contributed by atoms with Crippen molar-refractivity contribution in [1.82, 2.24) is 15.2 Å². The Kier molecular flexibility index (Phi) is 5.27. The number of hydrogen-bond acceptors (Lipinski definition) is 3. The van der Waals surface area contributed by atoms with Crippen molar-refractivity contribution < 1.29 is 4.79 Å². The summed E-state index contributed by atoms with van der Waals surface area (Å²) in [5.74, 6) is -0.233. The van der Waals surface area contributed by atoms with E-state index in [0.29, 0.717) is 12.1 Å². The minimum absolute atomic E-state index is 0.233. The third kappa shape index (κ3) is 4.45. The first kappa shape index (κ1) is 17.6. The molecule has 0 bridgehead atoms. The fourth-order valence-corrected chi connectivity index (χ4v) is 2.70. The van der Waals surface area contributed by atoms with Crippen LogP contribution in [-0.4, -0.2) is 21.9 Å². The van der Waals surface area contributed by atoms with Crippen LogP contribution in [-0.2, 0) is 6.54 Å². The Bertz CT molecular complexity index is 939. The topological polar surface area (TPSA) is 59.3 Å². The maximum Gasteiger partial charge on any atom is 0.271 e. The summed E-state index contributed by atoms with van der Waals surface area (Å²) < 4.78 is 1.93. The van der Waals surface area contributed by atoms with Gasteiger partial charge in [-0.3, -0.25) is 9.48 Å². The Morgan fingerprint density at radius 1 is 1.12 bits per heavy atom. The van der Waals surface area contributed by atoms with Gasteiger partial charge in [0.15, 0.2) is 0 Å². The smallest absolute Gasteiger partial charge is 0.267 e. The van der Waals surface area contributed by atoms with Crippen LogP contribution in [0.4, 0.5) is 0 Å². The molecule has 0 atom stereocenters. The van der Waals surface area contributed by atoms with Crippen LogP contribution in [0.5, 0.6) is 0 Å². The Morgan fingerprint density at radius 2 is 1.88 bits per heavy atom. The monoisotopic (exact) mass is 346 g/mol. The zero-order chi connectivity index (χ0) is 18.5. The second-order valence-electron chi connectivity index (χ2n) is 6.39. The van der Waals surface area contributed by atoms with Gasteiger partial charge in [-0.25, -0.2) is 5.43 Å². The van der Waals surface area contributed by atoms with Gasteiger partial charge in [-0.05, 0) is 50.1 Å². The van der Waals surface area contributed by atoms with Crippen LogP contribution < -0.4 is 5.43 Å². The van der Waals surface area contributed by atoms with Crippen molar-refractivity contribution in [3.05, 3.63) is 88.2 Å². The summed E-state index contributed by atoms with van der Waals surface area (Å²) in [7, 11) is 0. The number of nitrogens with one attached hydrogen (secondary N) is 1. The number of carbonyl (C=O) groups excluding carboxylic acids is 1. The normalized spacial score (nSPS) is 11.0. The number of hydrogen-bond donors (Lipinski definition) is 1. The largest absolute Gasteiger partial charge is 0.271 e. The predicted molar refractivity (Wildman–Crippen MR) is 103 cm³/mol. The molecule has 3 aromatic rings. The molecule has 1 amide bonds. The van der Waals surface area contributed by atoms with Crippen LogP contribution in [0.2, 0.25) is 0 Å². The molecule has 5 heteroatoms. The van der Waals surface area contributed by atoms with Crippen LogP contribution in [0.15, 0.2) is 59.7 Å². The van der Waals surface area contributed by atoms with Crippen molar-refractivity contribution in [2.24, 2.45) is 5.10 Å². The molecule has 0 radical (unpaired) electrons. The van der Waals surface area contributed by atoms with E-state index >= 15 is 0 Å². The number of benzene rings is 2. The average molecular weight is 346 g/mol. The van der Waals surface area contributed by atoms with Crippen LogP contribution in [0.25, 0.3) is 0 Å². The summed E-state index contributed by atoms with van der Waals surface area (Å²) in [6.07, 6.45) is 1.64. The van der Waals surface area contributed by atoms with Gasteiger partial charge in [-0.2, -0.15) is 10.2 Å². The second kappa shape index (κ2) is 7.78. The van der Waals surface area contributed by atoms with Crippen LogP contribution in [0.3, 0.4) is 0 Å². The van der Waals surface area contributed by atoms with E-state index in [9.17, 15) is 4.79 Å². The summed E-state index contributed by atoms with van der Waals surface area (Å²) in [6, 6.07) is 17.5. The van der Waals surface area contributed by atoms with E-state index in [1.165, 1.54) is 5.56 Å². The highest BCUT2D eigenvalue weighted by Gasteiger charge is 2.07. The van der Waals surface area contributed by atoms with Crippen molar-refractivity contribution in [3.8, 4) is 0 Å². The quantitative estimate of drug-likeness (QED) is 0.566. The van der Waals surface area contributed by atoms with Gasteiger partial charge in [0.05, 0.1) is 18.5 Å². The van der Waals surface area contributed by atoms with Crippen molar-refractivity contribution in [2.75, 3.05) is 0 Å². The van der Waals surface area contributed by atoms with Crippen molar-refractivity contribution >= 4 is 12.1 Å². The zero-order valence-corrected chi connectivity index (χ0v) is 15.2. The molecule has 0 aliphatic heterocycles. The molecule has 0 saturated carbocycles. The molecule has 0 spiro atoms. The molecule has 1 N–H and O–H groups in total. The molecule has 0 fully saturated rings. The fraction of sp³-hybridized carbons (Fsp3) is 0.190. The molecule has 0 aliphatic carbocycles. The highest BCUT2D eigenvalue weighted by atomic mass is 16.2. The molecule has 1 aromatic heterocycles. The highest BCUT2D eigenvalue weighted by molar-refractivity contribution is 5.95. The van der Waals surface area contributed by atoms with Gasteiger partial charge in [0.2, 0.25) is 0 Å². The highest BCUT2D eigenvalue weighted by Crippen LogP contribution is 2.10. The lowest BCUT2D eigenvalue weighted by molar-refractivity contribution is 0.0955. The minimum Gasteiger partial charge on any atom is -0.267 e. The van der Waals surface area contributed by atoms with E-state index in [2.05, 4.69) is 15.6 Å². The first-order valence-corrected chi connectivity index (χ1v) is 8.51. The summed E-state index contributed by atoms with van der Waals surface area (Å²) in [6.45, 7) is 6.66. The number of amides is 1. The zero-order valence-electron chi connectivity index (χ0n) is 15.2. The van der Waals surface area contributed by atoms with E-state index in [1.807, 2.05) is 74.0 Å². The second-order valence-corrected chi connectivity index (χ2v) is 6.39. The van der Waals surface area contributed by atoms with Crippen molar-refractivity contribution in [2.45, 2.75) is 27.3 Å². The lowest BCUT2D eigenvalue weighted by Crippen LogP contribution is -2.18. The fourth-order valence-electron chi connectivity index (χ4n) is 2.70. The Hall–Kier alpha value is -3.21. The standard InChI is InChI=1S/C21H22N4O/c1-15-7-9-18(10-8-15)13-22-23-21(26)20-6-4-5-19(12-20)14-25-17(3)11-16(2)24-25/h4-13H,14H2,1-3H3,(H,23,26). The van der Waals surface area contributed by atoms with Gasteiger partial charge in [0, 0.05) is 11.3 Å². The van der Waals surface area contributed by atoms with E-state index in [1.54, 1.807) is 12.3 Å². The third-order valence-corrected chi connectivity index (χ3v) is 4.08. The molecule has 0 aliphatic rings. The summed E-state index contributed by atoms with van der Waals surface area (Å²) in [5, 5.41) is 8.50. The van der Waals surface area contributed by atoms with Gasteiger partial charge < -0.3 is 0 Å². The van der Waals surface area contributed by atoms with E-state index < -0.39 is 0 Å². The number of carbonyl (C=O) groups is 1. The summed E-state index contributed by atoms with van der Waals surface area (Å²) >= 11 is 0. The van der Waals surface area contributed by atoms with E-state index in [4.69, 9.17) is 0 Å². The van der Waals surface area contributed by atoms with Crippen LogP contribution in [0, 0.1) is 20.8 Å². The number of hydrazone groups is 1. The molecule has 132 valence electrons. The molecule has 0 unspecified atom stereocenters. The molecule has 2 aromatic carbocycles. The molecular weight excluding hydrogens is 324 g/mol. The Balaban J connectivity index is 1.66. The van der Waals surface area contributed by atoms with Gasteiger partial charge in [0.1, 0.15) is 0 Å². The number of aryl methyl sites for hydroxylation is 3. The van der Waals surface area contributed by atoms with E-state index in [-0.39, 0.29) is 5.91 Å². The number of aromatic nitrogens is 2. The maximum absolute atomic E-state index is 12.3. The van der Waals surface area contributed by atoms with Gasteiger partial charge in [-0.15, -0.1) is 0 Å². The third-order valence-electron chi connectivity index (χ3n) is 4.08. The predicted octanol–water partition coefficient (Wildman–Crippen LogP) is 3.62. The lowest BCUT2D eigenvalue weighted by Gasteiger charge is -2.06. The van der Waals surface area contributed by atoms with Crippen molar-refractivity contribution in [3.63, 3.8) is 0 Å². The Morgan fingerprint density at radius 3 is 2.58 bits per heavy atom. The molecule has 26 heavy (non-hydrogen) atoms. The van der Waals surface area contributed by atoms with Gasteiger partial charge >= 0.3 is 0 Å². The molecule has 1 heterocycles. The number of nitrogens with zero attached hydrogens (tertiary/aromatic N) is 3. The lowest BCUT2D eigenvalue weighted by atomic mass is 10.1. The van der Waals surface area contributed by atoms with E-state index in [0.717, 1.165) is 22.5 Å². The average Bonchev–Trinajstić information content (AvgIpc) is 2.94. The van der Waals surface area contributed by atoms with Gasteiger partial charge in [0.25, 0.3) is 5.91 Å². The first-order valence-electron chi connectivity index (χ1n) is 8.51. The van der Waals surface area contributed by atoms with Crippen LogP contribution in [0.1, 0.15) is 38.4 Å². The minimum atomic E-state index is -0.233. The molecule has 5 nitrogen and oxygen atoms in total. The van der Waals surface area contributed by atoms with Gasteiger partial charge in [-0.1, -0.05) is 42.0 Å². The molecular formula is C21H22N4O. The number of rotatable bonds is 5. The van der Waals surface area contributed by atoms with Crippen molar-refractivity contribution in [1.29, 1.82) is 0 Å². The molecule has 0 saturated heterocycles.